The van der Waals surface area contributed by atoms with Gasteiger partial charge >= 0.3 is 0 Å². The van der Waals surface area contributed by atoms with E-state index in [0.717, 1.165) is 41.5 Å². The number of thioether (sulfide) groups is 1. The molecular formula is C15H21N3S. The Bertz CT molecular complexity index is 491. The van der Waals surface area contributed by atoms with Gasteiger partial charge in [0.2, 0.25) is 0 Å². The lowest BCUT2D eigenvalue weighted by molar-refractivity contribution is 0.380. The molecule has 0 spiro atoms. The summed E-state index contributed by atoms with van der Waals surface area (Å²) >= 11 is 1.74. The van der Waals surface area contributed by atoms with Gasteiger partial charge in [0.25, 0.3) is 0 Å². The summed E-state index contributed by atoms with van der Waals surface area (Å²) in [7, 11) is 0. The summed E-state index contributed by atoms with van der Waals surface area (Å²) in [6.07, 6.45) is 0. The number of benzene rings is 1. The fourth-order valence-corrected chi connectivity index (χ4v) is 3.34. The van der Waals surface area contributed by atoms with E-state index in [1.807, 2.05) is 6.07 Å². The van der Waals surface area contributed by atoms with Crippen LogP contribution in [0.5, 0.6) is 0 Å². The molecule has 2 rings (SSSR count). The third kappa shape index (κ3) is 2.88. The third-order valence-corrected chi connectivity index (χ3v) is 4.45. The van der Waals surface area contributed by atoms with Crippen LogP contribution >= 0.6 is 11.8 Å². The molecule has 0 aromatic heterocycles. The van der Waals surface area contributed by atoms with Gasteiger partial charge in [-0.1, -0.05) is 13.0 Å². The van der Waals surface area contributed by atoms with E-state index in [4.69, 9.17) is 0 Å². The van der Waals surface area contributed by atoms with E-state index in [2.05, 4.69) is 49.2 Å². The second-order valence-electron chi connectivity index (χ2n) is 5.34. The Kier molecular flexibility index (Phi) is 4.38. The van der Waals surface area contributed by atoms with Crippen LogP contribution in [-0.2, 0) is 0 Å². The van der Waals surface area contributed by atoms with E-state index < -0.39 is 0 Å². The van der Waals surface area contributed by atoms with Crippen molar-refractivity contribution in [1.82, 2.24) is 5.32 Å². The minimum Gasteiger partial charge on any atom is -0.363 e. The molecule has 1 heterocycles. The Labute approximate surface area is 120 Å². The molecule has 1 aromatic carbocycles. The van der Waals surface area contributed by atoms with Crippen molar-refractivity contribution in [1.29, 1.82) is 5.26 Å². The summed E-state index contributed by atoms with van der Waals surface area (Å²) in [6.45, 7) is 9.43. The van der Waals surface area contributed by atoms with Gasteiger partial charge in [0.15, 0.2) is 0 Å². The van der Waals surface area contributed by atoms with E-state index in [1.165, 1.54) is 0 Å². The van der Waals surface area contributed by atoms with E-state index in [1.54, 1.807) is 11.8 Å². The maximum Gasteiger partial charge on any atom is 0.103 e. The van der Waals surface area contributed by atoms with Crippen molar-refractivity contribution < 1.29 is 0 Å². The first kappa shape index (κ1) is 14.2. The van der Waals surface area contributed by atoms with Crippen LogP contribution in [0.2, 0.25) is 0 Å². The van der Waals surface area contributed by atoms with Crippen molar-refractivity contribution in [3.63, 3.8) is 0 Å². The minimum absolute atomic E-state index is 0.0410. The van der Waals surface area contributed by atoms with Gasteiger partial charge in [-0.15, -0.1) is 11.8 Å². The molecule has 3 nitrogen and oxygen atoms in total. The van der Waals surface area contributed by atoms with Gasteiger partial charge < -0.3 is 10.2 Å². The van der Waals surface area contributed by atoms with E-state index in [-0.39, 0.29) is 5.54 Å². The molecule has 0 radical (unpaired) electrons. The summed E-state index contributed by atoms with van der Waals surface area (Å²) in [4.78, 5) is 3.46. The first-order valence-corrected chi connectivity index (χ1v) is 7.73. The summed E-state index contributed by atoms with van der Waals surface area (Å²) < 4.78 is 0. The smallest absolute Gasteiger partial charge is 0.103 e. The lowest BCUT2D eigenvalue weighted by Gasteiger charge is -2.45. The van der Waals surface area contributed by atoms with Crippen molar-refractivity contribution in [2.45, 2.75) is 31.2 Å². The molecule has 19 heavy (non-hydrogen) atoms. The van der Waals surface area contributed by atoms with Crippen LogP contribution in [-0.4, -0.2) is 30.9 Å². The molecule has 0 unspecified atom stereocenters. The number of nitriles is 1. The first-order chi connectivity index (χ1) is 9.10. The minimum atomic E-state index is 0.0410. The van der Waals surface area contributed by atoms with E-state index in [9.17, 15) is 5.26 Å². The quantitative estimate of drug-likeness (QED) is 0.861. The van der Waals surface area contributed by atoms with Crippen molar-refractivity contribution in [2.24, 2.45) is 0 Å². The van der Waals surface area contributed by atoms with Crippen molar-refractivity contribution in [3.8, 4) is 6.07 Å². The van der Waals surface area contributed by atoms with Gasteiger partial charge in [-0.3, -0.25) is 0 Å². The van der Waals surface area contributed by atoms with Crippen molar-refractivity contribution in [2.75, 3.05) is 30.3 Å². The van der Waals surface area contributed by atoms with Crippen LogP contribution < -0.4 is 10.2 Å². The van der Waals surface area contributed by atoms with Gasteiger partial charge in [-0.2, -0.15) is 5.26 Å². The number of hydrogen-bond donors (Lipinski definition) is 1. The molecule has 1 aliphatic heterocycles. The molecule has 1 aliphatic rings. The number of hydrogen-bond acceptors (Lipinski definition) is 4. The lowest BCUT2D eigenvalue weighted by atomic mass is 9.98. The maximum atomic E-state index is 9.52. The Balaban J connectivity index is 2.44. The maximum absolute atomic E-state index is 9.52. The number of piperazine rings is 1. The summed E-state index contributed by atoms with van der Waals surface area (Å²) in [6, 6.07) is 8.58. The second-order valence-corrected chi connectivity index (χ2v) is 6.64. The number of rotatable bonds is 3. The van der Waals surface area contributed by atoms with Crippen molar-refractivity contribution >= 4 is 17.4 Å². The molecular weight excluding hydrogens is 254 g/mol. The zero-order chi connectivity index (χ0) is 13.9. The number of anilines is 1. The van der Waals surface area contributed by atoms with Gasteiger partial charge in [0.1, 0.15) is 6.07 Å². The highest BCUT2D eigenvalue weighted by Crippen LogP contribution is 2.34. The monoisotopic (exact) mass is 275 g/mol. The highest BCUT2D eigenvalue weighted by molar-refractivity contribution is 7.99. The molecule has 1 N–H and O–H groups in total. The standard InChI is InChI=1S/C15H21N3S/c1-4-19-14-7-5-6-13(12(14)10-16)18-9-8-17-11-15(18,2)3/h5-7,17H,4,8-9,11H2,1-3H3. The molecule has 0 amide bonds. The number of nitrogens with zero attached hydrogens (tertiary/aromatic N) is 2. The molecule has 4 heteroatoms. The fraction of sp³-hybridized carbons (Fsp3) is 0.533. The molecule has 0 saturated carbocycles. The predicted octanol–water partition coefficient (Wildman–Crippen LogP) is 2.86. The highest BCUT2D eigenvalue weighted by atomic mass is 32.2. The Morgan fingerprint density at radius 2 is 2.26 bits per heavy atom. The van der Waals surface area contributed by atoms with Crippen molar-refractivity contribution in [3.05, 3.63) is 23.8 Å². The molecule has 1 fully saturated rings. The summed E-state index contributed by atoms with van der Waals surface area (Å²) in [5.41, 5.74) is 1.94. The van der Waals surface area contributed by atoms with Crippen LogP contribution in [0.4, 0.5) is 5.69 Å². The van der Waals surface area contributed by atoms with Crippen LogP contribution in [0.25, 0.3) is 0 Å². The largest absolute Gasteiger partial charge is 0.363 e. The second kappa shape index (κ2) is 5.85. The van der Waals surface area contributed by atoms with Gasteiger partial charge in [0, 0.05) is 30.1 Å². The van der Waals surface area contributed by atoms with Crippen LogP contribution in [0.3, 0.4) is 0 Å². The van der Waals surface area contributed by atoms with Crippen LogP contribution in [0, 0.1) is 11.3 Å². The van der Waals surface area contributed by atoms with Gasteiger partial charge in [0.05, 0.1) is 11.3 Å². The first-order valence-electron chi connectivity index (χ1n) is 6.74. The lowest BCUT2D eigenvalue weighted by Crippen LogP contribution is -2.58. The van der Waals surface area contributed by atoms with E-state index in [0.29, 0.717) is 0 Å². The predicted molar refractivity (Wildman–Crippen MR) is 81.8 cm³/mol. The summed E-state index contributed by atoms with van der Waals surface area (Å²) in [5, 5.41) is 12.9. The molecule has 0 aliphatic carbocycles. The number of nitrogens with one attached hydrogen (secondary N) is 1. The molecule has 0 bridgehead atoms. The third-order valence-electron chi connectivity index (χ3n) is 3.51. The fourth-order valence-electron chi connectivity index (χ4n) is 2.56. The molecule has 1 aromatic rings. The van der Waals surface area contributed by atoms with Gasteiger partial charge in [-0.25, -0.2) is 0 Å². The van der Waals surface area contributed by atoms with Gasteiger partial charge in [-0.05, 0) is 31.7 Å². The molecule has 0 atom stereocenters. The Hall–Kier alpha value is -1.18. The normalized spacial score (nSPS) is 18.1. The van der Waals surface area contributed by atoms with E-state index >= 15 is 0 Å². The van der Waals surface area contributed by atoms with Crippen LogP contribution in [0.15, 0.2) is 23.1 Å². The average Bonchev–Trinajstić information content (AvgIpc) is 2.38. The average molecular weight is 275 g/mol. The van der Waals surface area contributed by atoms with Crippen LogP contribution in [0.1, 0.15) is 26.3 Å². The Morgan fingerprint density at radius 3 is 2.89 bits per heavy atom. The Morgan fingerprint density at radius 1 is 1.47 bits per heavy atom. The zero-order valence-electron chi connectivity index (χ0n) is 11.9. The highest BCUT2D eigenvalue weighted by Gasteiger charge is 2.31. The molecule has 1 saturated heterocycles. The topological polar surface area (TPSA) is 39.1 Å². The SMILES string of the molecule is CCSc1cccc(N2CCNCC2(C)C)c1C#N. The zero-order valence-corrected chi connectivity index (χ0v) is 12.7. The summed E-state index contributed by atoms with van der Waals surface area (Å²) in [5.74, 6) is 0.989. The molecule has 102 valence electrons.